The number of hydrazine groups is 1. The first-order chi connectivity index (χ1) is 13.2. The van der Waals surface area contributed by atoms with E-state index in [9.17, 15) is 18.4 Å². The minimum Gasteiger partial charge on any atom is -0.493 e. The highest BCUT2D eigenvalue weighted by atomic mass is 32.1. The van der Waals surface area contributed by atoms with Gasteiger partial charge in [0, 0.05) is 12.1 Å². The zero-order valence-corrected chi connectivity index (χ0v) is 16.6. The number of ether oxygens (including phenoxy) is 2. The van der Waals surface area contributed by atoms with Crippen LogP contribution in [0.1, 0.15) is 30.6 Å². The maximum absolute atomic E-state index is 12.3. The molecule has 11 heteroatoms. The van der Waals surface area contributed by atoms with Crippen LogP contribution in [0.15, 0.2) is 18.2 Å². The summed E-state index contributed by atoms with van der Waals surface area (Å²) >= 11 is 5.00. The molecule has 0 fully saturated rings. The third kappa shape index (κ3) is 8.80. The lowest BCUT2D eigenvalue weighted by Gasteiger charge is -2.13. The molecule has 28 heavy (non-hydrogen) atoms. The van der Waals surface area contributed by atoms with Crippen molar-refractivity contribution in [1.29, 1.82) is 0 Å². The predicted octanol–water partition coefficient (Wildman–Crippen LogP) is 1.57. The van der Waals surface area contributed by atoms with Crippen molar-refractivity contribution in [2.75, 3.05) is 20.2 Å². The van der Waals surface area contributed by atoms with Gasteiger partial charge in [-0.05, 0) is 42.8 Å². The second-order valence-corrected chi connectivity index (χ2v) is 6.45. The molecule has 0 aliphatic rings. The Balaban J connectivity index is 2.44. The molecule has 0 saturated heterocycles. The topological polar surface area (TPSA) is 101 Å². The van der Waals surface area contributed by atoms with Crippen molar-refractivity contribution in [2.45, 2.75) is 26.9 Å². The largest absolute Gasteiger partial charge is 0.493 e. The fourth-order valence-electron chi connectivity index (χ4n) is 1.95. The van der Waals surface area contributed by atoms with E-state index in [1.807, 2.05) is 0 Å². The molecule has 8 nitrogen and oxygen atoms in total. The summed E-state index contributed by atoms with van der Waals surface area (Å²) in [4.78, 5) is 23.9. The lowest BCUT2D eigenvalue weighted by Crippen LogP contribution is -2.49. The number of amides is 2. The second-order valence-electron chi connectivity index (χ2n) is 6.04. The summed E-state index contributed by atoms with van der Waals surface area (Å²) in [6, 6.07) is 3.69. The summed E-state index contributed by atoms with van der Waals surface area (Å²) in [5, 5.41) is 5.59. The first kappa shape index (κ1) is 23.3. The monoisotopic (exact) mass is 418 g/mol. The standard InChI is InChI=1S/C17H24F2N4O4S/c1-10(2)6-7-20-17(28)23-22-14(24)9-21-15(25)11-4-5-12(27-16(18)19)13(8-11)26-3/h4-5,8,10,16H,6-7,9H2,1-3H3,(H,21,25)(H,22,24)(H2,20,23,28). The third-order valence-electron chi connectivity index (χ3n) is 3.37. The molecule has 1 aromatic carbocycles. The van der Waals surface area contributed by atoms with E-state index < -0.39 is 18.4 Å². The van der Waals surface area contributed by atoms with Gasteiger partial charge in [-0.2, -0.15) is 8.78 Å². The number of carbonyl (C=O) groups excluding carboxylic acids is 2. The van der Waals surface area contributed by atoms with Gasteiger partial charge in [0.05, 0.1) is 13.7 Å². The Morgan fingerprint density at radius 2 is 1.86 bits per heavy atom. The molecule has 0 radical (unpaired) electrons. The molecule has 156 valence electrons. The Hall–Kier alpha value is -2.69. The van der Waals surface area contributed by atoms with Crippen molar-refractivity contribution < 1.29 is 27.8 Å². The normalized spacial score (nSPS) is 10.4. The van der Waals surface area contributed by atoms with Gasteiger partial charge in [-0.25, -0.2) is 0 Å². The van der Waals surface area contributed by atoms with Crippen LogP contribution in [0.25, 0.3) is 0 Å². The summed E-state index contributed by atoms with van der Waals surface area (Å²) in [5.74, 6) is -0.818. The van der Waals surface area contributed by atoms with Gasteiger partial charge >= 0.3 is 6.61 Å². The number of hydrogen-bond donors (Lipinski definition) is 4. The molecule has 0 aliphatic heterocycles. The number of nitrogens with one attached hydrogen (secondary N) is 4. The first-order valence-corrected chi connectivity index (χ1v) is 8.87. The number of thiocarbonyl (C=S) groups is 1. The molecule has 0 unspecified atom stereocenters. The van der Waals surface area contributed by atoms with Gasteiger partial charge in [0.15, 0.2) is 16.6 Å². The molecule has 4 N–H and O–H groups in total. The van der Waals surface area contributed by atoms with E-state index in [1.165, 1.54) is 25.3 Å². The summed E-state index contributed by atoms with van der Waals surface area (Å²) in [6.07, 6.45) is 0.927. The molecule has 0 saturated carbocycles. The van der Waals surface area contributed by atoms with Crippen LogP contribution >= 0.6 is 12.2 Å². The molecule has 0 bridgehead atoms. The molecule has 1 rings (SSSR count). The van der Waals surface area contributed by atoms with Gasteiger partial charge < -0.3 is 20.1 Å². The molecule has 0 atom stereocenters. The fraction of sp³-hybridized carbons (Fsp3) is 0.471. The maximum Gasteiger partial charge on any atom is 0.387 e. The van der Waals surface area contributed by atoms with Gasteiger partial charge in [-0.15, -0.1) is 0 Å². The Morgan fingerprint density at radius 1 is 1.14 bits per heavy atom. The van der Waals surface area contributed by atoms with Crippen LogP contribution in [0.2, 0.25) is 0 Å². The van der Waals surface area contributed by atoms with Crippen molar-refractivity contribution in [2.24, 2.45) is 5.92 Å². The third-order valence-corrected chi connectivity index (χ3v) is 3.62. The lowest BCUT2D eigenvalue weighted by molar-refractivity contribution is -0.120. The van der Waals surface area contributed by atoms with E-state index in [4.69, 9.17) is 17.0 Å². The van der Waals surface area contributed by atoms with Gasteiger partial charge in [0.2, 0.25) is 0 Å². The zero-order chi connectivity index (χ0) is 21.1. The number of methoxy groups -OCH3 is 1. The maximum atomic E-state index is 12.3. The van der Waals surface area contributed by atoms with Gasteiger partial charge in [0.1, 0.15) is 0 Å². The van der Waals surface area contributed by atoms with Crippen LogP contribution in [0.3, 0.4) is 0 Å². The summed E-state index contributed by atoms with van der Waals surface area (Å²) in [7, 11) is 1.26. The minimum atomic E-state index is -3.02. The zero-order valence-electron chi connectivity index (χ0n) is 15.8. The van der Waals surface area contributed by atoms with Crippen LogP contribution in [-0.2, 0) is 4.79 Å². The van der Waals surface area contributed by atoms with E-state index in [-0.39, 0.29) is 28.7 Å². The van der Waals surface area contributed by atoms with Crippen LogP contribution in [-0.4, -0.2) is 43.7 Å². The number of halogens is 2. The lowest BCUT2D eigenvalue weighted by atomic mass is 10.1. The molecule has 2 amide bonds. The van der Waals surface area contributed by atoms with Crippen molar-refractivity contribution in [3.8, 4) is 11.5 Å². The fourth-order valence-corrected chi connectivity index (χ4v) is 2.11. The Kier molecular flexibility index (Phi) is 9.93. The SMILES string of the molecule is COc1cc(C(=O)NCC(=O)NNC(=S)NCCC(C)C)ccc1OC(F)F. The van der Waals surface area contributed by atoms with Crippen LogP contribution < -0.4 is 31.0 Å². The molecule has 0 heterocycles. The van der Waals surface area contributed by atoms with Crippen molar-refractivity contribution in [3.05, 3.63) is 23.8 Å². The molecular formula is C17H24F2N4O4S. The quantitative estimate of drug-likeness (QED) is 0.357. The van der Waals surface area contributed by atoms with Crippen molar-refractivity contribution in [1.82, 2.24) is 21.5 Å². The van der Waals surface area contributed by atoms with E-state index in [2.05, 4.69) is 40.1 Å². The smallest absolute Gasteiger partial charge is 0.387 e. The number of rotatable bonds is 9. The van der Waals surface area contributed by atoms with Crippen LogP contribution in [0, 0.1) is 5.92 Å². The van der Waals surface area contributed by atoms with Crippen molar-refractivity contribution >= 4 is 29.1 Å². The van der Waals surface area contributed by atoms with E-state index in [0.717, 1.165) is 6.42 Å². The molecule has 0 spiro atoms. The summed E-state index contributed by atoms with van der Waals surface area (Å²) in [5.41, 5.74) is 4.99. The molecule has 0 aliphatic carbocycles. The average molecular weight is 418 g/mol. The highest BCUT2D eigenvalue weighted by Crippen LogP contribution is 2.29. The van der Waals surface area contributed by atoms with E-state index >= 15 is 0 Å². The van der Waals surface area contributed by atoms with E-state index in [0.29, 0.717) is 12.5 Å². The van der Waals surface area contributed by atoms with Gasteiger partial charge in [-0.1, -0.05) is 13.8 Å². The van der Waals surface area contributed by atoms with Gasteiger partial charge in [0.25, 0.3) is 11.8 Å². The Labute approximate surface area is 167 Å². The second kappa shape index (κ2) is 11.9. The number of alkyl halides is 2. The minimum absolute atomic E-state index is 0.0307. The first-order valence-electron chi connectivity index (χ1n) is 8.46. The van der Waals surface area contributed by atoms with Gasteiger partial charge in [-0.3, -0.25) is 20.4 Å². The Morgan fingerprint density at radius 3 is 2.46 bits per heavy atom. The molecule has 1 aromatic rings. The highest BCUT2D eigenvalue weighted by molar-refractivity contribution is 7.80. The average Bonchev–Trinajstić information content (AvgIpc) is 2.63. The van der Waals surface area contributed by atoms with Crippen molar-refractivity contribution in [3.63, 3.8) is 0 Å². The number of carbonyl (C=O) groups is 2. The van der Waals surface area contributed by atoms with Crippen LogP contribution in [0.4, 0.5) is 8.78 Å². The highest BCUT2D eigenvalue weighted by Gasteiger charge is 2.15. The number of benzene rings is 1. The summed E-state index contributed by atoms with van der Waals surface area (Å²) in [6.45, 7) is 1.49. The summed E-state index contributed by atoms with van der Waals surface area (Å²) < 4.78 is 33.8. The number of hydrogen-bond acceptors (Lipinski definition) is 5. The Bertz CT molecular complexity index is 689. The molecular weight excluding hydrogens is 394 g/mol. The molecule has 0 aromatic heterocycles. The van der Waals surface area contributed by atoms with E-state index in [1.54, 1.807) is 0 Å². The predicted molar refractivity (Wildman–Crippen MR) is 103 cm³/mol. The van der Waals surface area contributed by atoms with Crippen LogP contribution in [0.5, 0.6) is 11.5 Å².